The van der Waals surface area contributed by atoms with Gasteiger partial charge in [-0.2, -0.15) is 5.10 Å². The van der Waals surface area contributed by atoms with Crippen LogP contribution < -0.4 is 9.54 Å². The number of phenolic OH excluding ortho intramolecular Hbond substituents is 1. The number of aromatic hydroxyl groups is 1. The standard InChI is InChI=1S/C16H15N3O2S/c1-19-13-5-3-4-6-15(13)22-16(19)18-17-10-11-9-12(21-2)7-8-14(11)20/h3-10,20H,1-2H3/b17-10-,18-16+. The molecule has 22 heavy (non-hydrogen) atoms. The first-order valence-corrected chi connectivity index (χ1v) is 7.49. The number of thiazole rings is 1. The van der Waals surface area contributed by atoms with E-state index in [2.05, 4.69) is 16.3 Å². The molecule has 0 spiro atoms. The average molecular weight is 313 g/mol. The van der Waals surface area contributed by atoms with Gasteiger partial charge in [-0.25, -0.2) is 0 Å². The van der Waals surface area contributed by atoms with Crippen molar-refractivity contribution in [3.8, 4) is 11.5 Å². The second-order valence-corrected chi connectivity index (χ2v) is 5.69. The van der Waals surface area contributed by atoms with Crippen LogP contribution in [0.25, 0.3) is 10.2 Å². The maximum atomic E-state index is 9.81. The van der Waals surface area contributed by atoms with Crippen molar-refractivity contribution in [1.82, 2.24) is 4.57 Å². The highest BCUT2D eigenvalue weighted by Crippen LogP contribution is 2.21. The van der Waals surface area contributed by atoms with E-state index in [0.717, 1.165) is 15.0 Å². The highest BCUT2D eigenvalue weighted by Gasteiger charge is 2.02. The van der Waals surface area contributed by atoms with Crippen molar-refractivity contribution >= 4 is 27.8 Å². The largest absolute Gasteiger partial charge is 0.507 e. The Morgan fingerprint density at radius 3 is 2.82 bits per heavy atom. The lowest BCUT2D eigenvalue weighted by atomic mass is 10.2. The molecular formula is C16H15N3O2S. The predicted molar refractivity (Wildman–Crippen MR) is 88.6 cm³/mol. The molecule has 0 aliphatic heterocycles. The summed E-state index contributed by atoms with van der Waals surface area (Å²) in [5, 5.41) is 18.1. The fourth-order valence-electron chi connectivity index (χ4n) is 2.08. The molecular weight excluding hydrogens is 298 g/mol. The van der Waals surface area contributed by atoms with E-state index in [4.69, 9.17) is 4.74 Å². The van der Waals surface area contributed by atoms with Gasteiger partial charge in [-0.05, 0) is 30.3 Å². The van der Waals surface area contributed by atoms with Crippen LogP contribution in [0.4, 0.5) is 0 Å². The van der Waals surface area contributed by atoms with E-state index >= 15 is 0 Å². The predicted octanol–water partition coefficient (Wildman–Crippen LogP) is 2.89. The van der Waals surface area contributed by atoms with E-state index < -0.39 is 0 Å². The van der Waals surface area contributed by atoms with Gasteiger partial charge in [0.2, 0.25) is 4.80 Å². The van der Waals surface area contributed by atoms with E-state index in [-0.39, 0.29) is 5.75 Å². The number of ether oxygens (including phenoxy) is 1. The van der Waals surface area contributed by atoms with Gasteiger partial charge in [0.25, 0.3) is 0 Å². The van der Waals surface area contributed by atoms with Crippen LogP contribution in [0.1, 0.15) is 5.56 Å². The van der Waals surface area contributed by atoms with Crippen LogP contribution in [0.2, 0.25) is 0 Å². The van der Waals surface area contributed by atoms with Crippen LogP contribution >= 0.6 is 11.3 Å². The summed E-state index contributed by atoms with van der Waals surface area (Å²) in [6.07, 6.45) is 1.52. The number of fused-ring (bicyclic) bond motifs is 1. The molecule has 1 N–H and O–H groups in total. The van der Waals surface area contributed by atoms with Crippen molar-refractivity contribution in [2.45, 2.75) is 0 Å². The molecule has 0 aliphatic rings. The monoisotopic (exact) mass is 313 g/mol. The first-order valence-electron chi connectivity index (χ1n) is 6.67. The van der Waals surface area contributed by atoms with Crippen LogP contribution in [-0.4, -0.2) is 23.0 Å². The Bertz CT molecular complexity index is 909. The summed E-state index contributed by atoms with van der Waals surface area (Å²) in [7, 11) is 3.53. The van der Waals surface area contributed by atoms with E-state index in [0.29, 0.717) is 11.3 Å². The Hall–Kier alpha value is -2.60. The highest BCUT2D eigenvalue weighted by molar-refractivity contribution is 7.16. The van der Waals surface area contributed by atoms with Crippen molar-refractivity contribution < 1.29 is 9.84 Å². The zero-order valence-corrected chi connectivity index (χ0v) is 13.0. The first kappa shape index (κ1) is 14.3. The summed E-state index contributed by atoms with van der Waals surface area (Å²) in [4.78, 5) is 0.792. The molecule has 0 atom stereocenters. The van der Waals surface area contributed by atoms with Crippen LogP contribution in [-0.2, 0) is 7.05 Å². The topological polar surface area (TPSA) is 59.1 Å². The fraction of sp³-hybridized carbons (Fsp3) is 0.125. The molecule has 1 aromatic heterocycles. The minimum absolute atomic E-state index is 0.139. The summed E-state index contributed by atoms with van der Waals surface area (Å²) < 4.78 is 8.27. The Balaban J connectivity index is 1.97. The van der Waals surface area contributed by atoms with Gasteiger partial charge in [0, 0.05) is 12.6 Å². The van der Waals surface area contributed by atoms with E-state index in [9.17, 15) is 5.11 Å². The molecule has 112 valence electrons. The van der Waals surface area contributed by atoms with Crippen molar-refractivity contribution in [3.05, 3.63) is 52.8 Å². The van der Waals surface area contributed by atoms with Crippen LogP contribution in [0.3, 0.4) is 0 Å². The highest BCUT2D eigenvalue weighted by atomic mass is 32.1. The summed E-state index contributed by atoms with van der Waals surface area (Å²) >= 11 is 1.57. The average Bonchev–Trinajstić information content (AvgIpc) is 2.86. The van der Waals surface area contributed by atoms with E-state index in [1.807, 2.05) is 29.8 Å². The number of para-hydroxylation sites is 1. The minimum atomic E-state index is 0.139. The molecule has 3 aromatic rings. The molecule has 2 aromatic carbocycles. The van der Waals surface area contributed by atoms with Gasteiger partial charge >= 0.3 is 0 Å². The maximum Gasteiger partial charge on any atom is 0.211 e. The molecule has 6 heteroatoms. The maximum absolute atomic E-state index is 9.81. The SMILES string of the molecule is COc1ccc(O)c(/C=N\N=c2\sc3ccccc3n2C)c1. The Kier molecular flexibility index (Phi) is 3.93. The van der Waals surface area contributed by atoms with Crippen molar-refractivity contribution in [2.24, 2.45) is 17.3 Å². The number of methoxy groups -OCH3 is 1. The number of aromatic nitrogens is 1. The molecule has 0 bridgehead atoms. The molecule has 0 radical (unpaired) electrons. The molecule has 3 rings (SSSR count). The second-order valence-electron chi connectivity index (χ2n) is 4.68. The Morgan fingerprint density at radius 2 is 2.05 bits per heavy atom. The van der Waals surface area contributed by atoms with Crippen molar-refractivity contribution in [1.29, 1.82) is 0 Å². The van der Waals surface area contributed by atoms with Gasteiger partial charge < -0.3 is 14.4 Å². The van der Waals surface area contributed by atoms with Crippen molar-refractivity contribution in [3.63, 3.8) is 0 Å². The lowest BCUT2D eigenvalue weighted by Gasteiger charge is -2.01. The number of rotatable bonds is 3. The quantitative estimate of drug-likeness (QED) is 0.597. The number of benzene rings is 2. The Labute approximate surface area is 131 Å². The summed E-state index contributed by atoms with van der Waals surface area (Å²) in [6.45, 7) is 0. The van der Waals surface area contributed by atoms with Gasteiger partial charge in [-0.3, -0.25) is 0 Å². The van der Waals surface area contributed by atoms with Gasteiger partial charge in [0.1, 0.15) is 11.5 Å². The first-order chi connectivity index (χ1) is 10.7. The van der Waals surface area contributed by atoms with E-state index in [1.54, 1.807) is 36.6 Å². The van der Waals surface area contributed by atoms with Crippen LogP contribution in [0.15, 0.2) is 52.7 Å². The molecule has 0 fully saturated rings. The zero-order chi connectivity index (χ0) is 15.5. The molecule has 5 nitrogen and oxygen atoms in total. The van der Waals surface area contributed by atoms with Gasteiger partial charge in [-0.15, -0.1) is 5.10 Å². The molecule has 1 heterocycles. The number of nitrogens with zero attached hydrogens (tertiary/aromatic N) is 3. The number of hydrogen-bond acceptors (Lipinski definition) is 5. The summed E-state index contributed by atoms with van der Waals surface area (Å²) in [5.41, 5.74) is 1.68. The number of phenols is 1. The third kappa shape index (κ3) is 2.73. The van der Waals surface area contributed by atoms with Gasteiger partial charge in [0.05, 0.1) is 23.5 Å². The second kappa shape index (κ2) is 6.03. The summed E-state index contributed by atoms with van der Waals surface area (Å²) in [5.74, 6) is 0.798. The fourth-order valence-corrected chi connectivity index (χ4v) is 3.06. The van der Waals surface area contributed by atoms with Gasteiger partial charge in [-0.1, -0.05) is 23.5 Å². The van der Waals surface area contributed by atoms with Crippen molar-refractivity contribution in [2.75, 3.05) is 7.11 Å². The normalized spacial score (nSPS) is 12.4. The molecule has 0 unspecified atom stereocenters. The van der Waals surface area contributed by atoms with Crippen LogP contribution in [0, 0.1) is 0 Å². The van der Waals surface area contributed by atoms with Crippen LogP contribution in [0.5, 0.6) is 11.5 Å². The third-order valence-corrected chi connectivity index (χ3v) is 4.39. The molecule has 0 aliphatic carbocycles. The molecule has 0 saturated heterocycles. The van der Waals surface area contributed by atoms with E-state index in [1.165, 1.54) is 6.21 Å². The smallest absolute Gasteiger partial charge is 0.211 e. The number of hydrogen-bond donors (Lipinski definition) is 1. The minimum Gasteiger partial charge on any atom is -0.507 e. The Morgan fingerprint density at radius 1 is 1.23 bits per heavy atom. The number of aryl methyl sites for hydroxylation is 1. The molecule has 0 amide bonds. The molecule has 0 saturated carbocycles. The lowest BCUT2D eigenvalue weighted by molar-refractivity contribution is 0.412. The lowest BCUT2D eigenvalue weighted by Crippen LogP contribution is -2.08. The third-order valence-electron chi connectivity index (χ3n) is 3.29. The zero-order valence-electron chi connectivity index (χ0n) is 12.2. The van der Waals surface area contributed by atoms with Gasteiger partial charge in [0.15, 0.2) is 0 Å². The summed E-state index contributed by atoms with van der Waals surface area (Å²) in [6, 6.07) is 13.1.